The standard InChI is InChI=1S/C23H23BrN6O2/c24-16-5-1-4-15(12-16)21-22(25-9-3-11-29-10-2-6-20(29)31)28-23(32)30(21)17-7-8-18-19(13-17)27-14-26-18/h1,4-5,7-8,12-14,25H,2-3,6,9-11H2,(H,26,27)(H,28,32). The number of aromatic nitrogens is 4. The van der Waals surface area contributed by atoms with E-state index in [4.69, 9.17) is 0 Å². The van der Waals surface area contributed by atoms with Gasteiger partial charge in [0.1, 0.15) is 5.82 Å². The molecule has 0 spiro atoms. The minimum atomic E-state index is -0.226. The number of nitrogens with zero attached hydrogens (tertiary/aromatic N) is 3. The maximum atomic E-state index is 13.1. The summed E-state index contributed by atoms with van der Waals surface area (Å²) >= 11 is 3.54. The van der Waals surface area contributed by atoms with Crippen molar-refractivity contribution in [3.05, 3.63) is 63.7 Å². The molecule has 0 unspecified atom stereocenters. The largest absolute Gasteiger partial charge is 0.370 e. The van der Waals surface area contributed by atoms with Crippen LogP contribution in [0.15, 0.2) is 58.1 Å². The second kappa shape index (κ2) is 8.66. The molecule has 1 saturated heterocycles. The summed E-state index contributed by atoms with van der Waals surface area (Å²) in [6, 6.07) is 13.6. The lowest BCUT2D eigenvalue weighted by atomic mass is 10.1. The first-order valence-corrected chi connectivity index (χ1v) is 11.5. The molecule has 9 heteroatoms. The van der Waals surface area contributed by atoms with Gasteiger partial charge in [0.2, 0.25) is 5.91 Å². The first-order valence-electron chi connectivity index (χ1n) is 10.7. The molecule has 1 aliphatic heterocycles. The van der Waals surface area contributed by atoms with Crippen molar-refractivity contribution >= 4 is 38.7 Å². The van der Waals surface area contributed by atoms with Gasteiger partial charge in [0.05, 0.1) is 28.7 Å². The van der Waals surface area contributed by atoms with E-state index < -0.39 is 0 Å². The van der Waals surface area contributed by atoms with Crippen LogP contribution >= 0.6 is 15.9 Å². The summed E-state index contributed by atoms with van der Waals surface area (Å²) in [6.45, 7) is 2.20. The van der Waals surface area contributed by atoms with Crippen LogP contribution in [0.1, 0.15) is 19.3 Å². The Morgan fingerprint density at radius 1 is 1.16 bits per heavy atom. The van der Waals surface area contributed by atoms with Crippen LogP contribution in [0.25, 0.3) is 28.0 Å². The van der Waals surface area contributed by atoms with Crippen molar-refractivity contribution in [3.63, 3.8) is 0 Å². The number of anilines is 1. The molecule has 0 bridgehead atoms. The molecule has 2 aromatic heterocycles. The topological polar surface area (TPSA) is 98.8 Å². The minimum absolute atomic E-state index is 0.226. The highest BCUT2D eigenvalue weighted by molar-refractivity contribution is 9.10. The molecular formula is C23H23BrN6O2. The monoisotopic (exact) mass is 494 g/mol. The molecule has 1 aliphatic rings. The maximum Gasteiger partial charge on any atom is 0.332 e. The van der Waals surface area contributed by atoms with E-state index in [0.29, 0.717) is 18.8 Å². The average molecular weight is 495 g/mol. The number of carbonyl (C=O) groups is 1. The highest BCUT2D eigenvalue weighted by Crippen LogP contribution is 2.30. The van der Waals surface area contributed by atoms with Gasteiger partial charge < -0.3 is 15.2 Å². The molecule has 4 aromatic rings. The molecule has 5 rings (SSSR count). The van der Waals surface area contributed by atoms with Gasteiger partial charge in [-0.3, -0.25) is 14.3 Å². The third-order valence-electron chi connectivity index (χ3n) is 5.73. The SMILES string of the molecule is O=C1CCCN1CCCNc1[nH]c(=O)n(-c2ccc3nc[nH]c3c2)c1-c1cccc(Br)c1. The number of rotatable bonds is 7. The van der Waals surface area contributed by atoms with Gasteiger partial charge in [0, 0.05) is 36.1 Å². The summed E-state index contributed by atoms with van der Waals surface area (Å²) < 4.78 is 2.60. The van der Waals surface area contributed by atoms with E-state index in [1.165, 1.54) is 0 Å². The van der Waals surface area contributed by atoms with Gasteiger partial charge in [0.15, 0.2) is 0 Å². The van der Waals surface area contributed by atoms with Gasteiger partial charge in [-0.15, -0.1) is 0 Å². The Bertz CT molecular complexity index is 1340. The fourth-order valence-corrected chi connectivity index (χ4v) is 4.60. The predicted octanol–water partition coefficient (Wildman–Crippen LogP) is 3.90. The lowest BCUT2D eigenvalue weighted by molar-refractivity contribution is -0.127. The lowest BCUT2D eigenvalue weighted by Crippen LogP contribution is -2.27. The zero-order valence-electron chi connectivity index (χ0n) is 17.4. The molecule has 2 aromatic carbocycles. The van der Waals surface area contributed by atoms with Crippen molar-refractivity contribution in [2.75, 3.05) is 25.0 Å². The highest BCUT2D eigenvalue weighted by Gasteiger charge is 2.20. The molecule has 1 amide bonds. The fraction of sp³-hybridized carbons (Fsp3) is 0.261. The van der Waals surface area contributed by atoms with E-state index in [1.807, 2.05) is 47.4 Å². The van der Waals surface area contributed by atoms with Crippen LogP contribution in [0.3, 0.4) is 0 Å². The minimum Gasteiger partial charge on any atom is -0.370 e. The second-order valence-electron chi connectivity index (χ2n) is 7.87. The van der Waals surface area contributed by atoms with Gasteiger partial charge in [-0.2, -0.15) is 0 Å². The number of halogens is 1. The third-order valence-corrected chi connectivity index (χ3v) is 6.23. The van der Waals surface area contributed by atoms with Gasteiger partial charge in [0.25, 0.3) is 0 Å². The van der Waals surface area contributed by atoms with E-state index >= 15 is 0 Å². The molecule has 32 heavy (non-hydrogen) atoms. The summed E-state index contributed by atoms with van der Waals surface area (Å²) in [6.07, 6.45) is 4.03. The number of nitrogens with one attached hydrogen (secondary N) is 3. The van der Waals surface area contributed by atoms with E-state index in [0.717, 1.165) is 58.4 Å². The van der Waals surface area contributed by atoms with Crippen LogP contribution in [-0.4, -0.2) is 50.0 Å². The van der Waals surface area contributed by atoms with Crippen LogP contribution < -0.4 is 11.0 Å². The lowest BCUT2D eigenvalue weighted by Gasteiger charge is -2.16. The molecule has 0 atom stereocenters. The Labute approximate surface area is 192 Å². The Hall–Kier alpha value is -3.33. The molecule has 8 nitrogen and oxygen atoms in total. The molecular weight excluding hydrogens is 472 g/mol. The number of benzene rings is 2. The van der Waals surface area contributed by atoms with E-state index in [2.05, 4.69) is 36.2 Å². The smallest absolute Gasteiger partial charge is 0.332 e. The molecule has 0 saturated carbocycles. The van der Waals surface area contributed by atoms with Crippen molar-refractivity contribution in [1.82, 2.24) is 24.4 Å². The van der Waals surface area contributed by atoms with Gasteiger partial charge in [-0.1, -0.05) is 28.1 Å². The first-order chi connectivity index (χ1) is 15.6. The van der Waals surface area contributed by atoms with Gasteiger partial charge in [-0.25, -0.2) is 9.78 Å². The Balaban J connectivity index is 1.48. The van der Waals surface area contributed by atoms with Crippen molar-refractivity contribution < 1.29 is 4.79 Å². The Kier molecular flexibility index (Phi) is 5.57. The first kappa shape index (κ1) is 20.6. The number of hydrogen-bond donors (Lipinski definition) is 3. The zero-order chi connectivity index (χ0) is 22.1. The highest BCUT2D eigenvalue weighted by atomic mass is 79.9. The number of hydrogen-bond acceptors (Lipinski definition) is 4. The third kappa shape index (κ3) is 3.95. The Morgan fingerprint density at radius 3 is 2.88 bits per heavy atom. The van der Waals surface area contributed by atoms with Crippen LogP contribution in [0, 0.1) is 0 Å². The average Bonchev–Trinajstić information content (AvgIpc) is 3.49. The number of likely N-dealkylation sites (tertiary alicyclic amines) is 1. The molecule has 3 heterocycles. The van der Waals surface area contributed by atoms with E-state index in [1.54, 1.807) is 10.9 Å². The molecule has 0 aliphatic carbocycles. The quantitative estimate of drug-likeness (QED) is 0.339. The summed E-state index contributed by atoms with van der Waals surface area (Å²) in [4.78, 5) is 37.1. The summed E-state index contributed by atoms with van der Waals surface area (Å²) in [5, 5.41) is 3.38. The molecule has 164 valence electrons. The molecule has 1 fully saturated rings. The summed E-state index contributed by atoms with van der Waals surface area (Å²) in [7, 11) is 0. The van der Waals surface area contributed by atoms with Crippen molar-refractivity contribution in [1.29, 1.82) is 0 Å². The number of fused-ring (bicyclic) bond motifs is 1. The van der Waals surface area contributed by atoms with Gasteiger partial charge in [-0.05, 0) is 43.2 Å². The molecule has 0 radical (unpaired) electrons. The normalized spacial score (nSPS) is 13.9. The summed E-state index contributed by atoms with van der Waals surface area (Å²) in [5.41, 5.74) is 3.88. The van der Waals surface area contributed by atoms with E-state index in [9.17, 15) is 9.59 Å². The second-order valence-corrected chi connectivity index (χ2v) is 8.78. The van der Waals surface area contributed by atoms with Crippen LogP contribution in [-0.2, 0) is 4.79 Å². The predicted molar refractivity (Wildman–Crippen MR) is 128 cm³/mol. The van der Waals surface area contributed by atoms with Crippen molar-refractivity contribution in [2.45, 2.75) is 19.3 Å². The van der Waals surface area contributed by atoms with Crippen LogP contribution in [0.2, 0.25) is 0 Å². The number of aromatic amines is 2. The summed E-state index contributed by atoms with van der Waals surface area (Å²) in [5.74, 6) is 0.888. The fourth-order valence-electron chi connectivity index (χ4n) is 4.21. The van der Waals surface area contributed by atoms with Crippen LogP contribution in [0.4, 0.5) is 5.82 Å². The van der Waals surface area contributed by atoms with E-state index in [-0.39, 0.29) is 11.6 Å². The number of carbonyl (C=O) groups excluding carboxylic acids is 1. The zero-order valence-corrected chi connectivity index (χ0v) is 19.0. The maximum absolute atomic E-state index is 13.1. The van der Waals surface area contributed by atoms with Crippen molar-refractivity contribution in [2.24, 2.45) is 0 Å². The van der Waals surface area contributed by atoms with Crippen LogP contribution in [0.5, 0.6) is 0 Å². The van der Waals surface area contributed by atoms with Crippen molar-refractivity contribution in [3.8, 4) is 16.9 Å². The number of amides is 1. The molecule has 3 N–H and O–H groups in total. The van der Waals surface area contributed by atoms with Gasteiger partial charge >= 0.3 is 5.69 Å². The number of H-pyrrole nitrogens is 2. The number of imidazole rings is 2. The Morgan fingerprint density at radius 2 is 2.06 bits per heavy atom.